The Hall–Kier alpha value is -3.00. The molecule has 0 atom stereocenters. The Labute approximate surface area is 141 Å². The average molecular weight is 310 g/mol. The van der Waals surface area contributed by atoms with Crippen LogP contribution in [0.3, 0.4) is 0 Å². The molecule has 0 aliphatic rings. The van der Waals surface area contributed by atoms with Gasteiger partial charge in [-0.1, -0.05) is 54.6 Å². The molecule has 2 heteroatoms. The molecular weight excluding hydrogens is 292 g/mol. The molecule has 0 bridgehead atoms. The third-order valence-corrected chi connectivity index (χ3v) is 4.29. The van der Waals surface area contributed by atoms with Gasteiger partial charge in [-0.15, -0.1) is 0 Å². The molecule has 2 nitrogen and oxygen atoms in total. The molecule has 1 heterocycles. The van der Waals surface area contributed by atoms with Gasteiger partial charge in [-0.05, 0) is 47.9 Å². The van der Waals surface area contributed by atoms with Gasteiger partial charge in [0.2, 0.25) is 0 Å². The Morgan fingerprint density at radius 3 is 2.04 bits per heavy atom. The molecule has 0 aliphatic heterocycles. The fourth-order valence-electron chi connectivity index (χ4n) is 3.08. The molecular formula is C22H18N2. The van der Waals surface area contributed by atoms with Crippen LogP contribution in [-0.2, 0) is 0 Å². The fourth-order valence-corrected chi connectivity index (χ4v) is 3.08. The lowest BCUT2D eigenvalue weighted by molar-refractivity contribution is 1.06. The number of aryl methyl sites for hydroxylation is 2. The van der Waals surface area contributed by atoms with Gasteiger partial charge in [0.05, 0.1) is 17.1 Å². The number of nitrogens with zero attached hydrogens (tertiary/aromatic N) is 2. The van der Waals surface area contributed by atoms with Crippen molar-refractivity contribution >= 4 is 10.8 Å². The maximum atomic E-state index is 4.56. The van der Waals surface area contributed by atoms with E-state index in [1.165, 1.54) is 21.9 Å². The van der Waals surface area contributed by atoms with Crippen molar-refractivity contribution in [3.8, 4) is 22.4 Å². The summed E-state index contributed by atoms with van der Waals surface area (Å²) in [6, 6.07) is 23.5. The summed E-state index contributed by atoms with van der Waals surface area (Å²) in [5.41, 5.74) is 6.46. The van der Waals surface area contributed by atoms with Crippen molar-refractivity contribution in [1.82, 2.24) is 9.97 Å². The quantitative estimate of drug-likeness (QED) is 0.483. The summed E-state index contributed by atoms with van der Waals surface area (Å²) in [5.74, 6) is 0. The summed E-state index contributed by atoms with van der Waals surface area (Å²) < 4.78 is 0. The molecule has 1 aromatic heterocycles. The zero-order valence-electron chi connectivity index (χ0n) is 13.8. The van der Waals surface area contributed by atoms with Crippen LogP contribution in [0, 0.1) is 13.8 Å². The highest BCUT2D eigenvalue weighted by molar-refractivity contribution is 5.90. The third kappa shape index (κ3) is 2.67. The topological polar surface area (TPSA) is 25.8 Å². The lowest BCUT2D eigenvalue weighted by Crippen LogP contribution is -1.94. The molecule has 4 rings (SSSR count). The third-order valence-electron chi connectivity index (χ3n) is 4.29. The van der Waals surface area contributed by atoms with E-state index in [0.717, 1.165) is 22.6 Å². The van der Waals surface area contributed by atoms with Crippen molar-refractivity contribution in [2.45, 2.75) is 13.8 Å². The highest BCUT2D eigenvalue weighted by Crippen LogP contribution is 2.28. The van der Waals surface area contributed by atoms with Crippen LogP contribution in [0.25, 0.3) is 33.2 Å². The Morgan fingerprint density at radius 1 is 0.667 bits per heavy atom. The normalized spacial score (nSPS) is 10.9. The first-order valence-corrected chi connectivity index (χ1v) is 8.10. The lowest BCUT2D eigenvalue weighted by Gasteiger charge is -2.08. The van der Waals surface area contributed by atoms with E-state index in [1.807, 2.05) is 26.1 Å². The van der Waals surface area contributed by atoms with Crippen LogP contribution >= 0.6 is 0 Å². The van der Waals surface area contributed by atoms with E-state index < -0.39 is 0 Å². The number of hydrogen-bond donors (Lipinski definition) is 0. The second-order valence-corrected chi connectivity index (χ2v) is 6.09. The summed E-state index contributed by atoms with van der Waals surface area (Å²) in [6.45, 7) is 3.98. The number of benzene rings is 3. The molecule has 0 N–H and O–H groups in total. The monoisotopic (exact) mass is 310 g/mol. The number of fused-ring (bicyclic) bond motifs is 1. The molecule has 0 saturated carbocycles. The number of hydrogen-bond acceptors (Lipinski definition) is 2. The largest absolute Gasteiger partial charge is 0.255 e. The van der Waals surface area contributed by atoms with Crippen molar-refractivity contribution in [3.05, 3.63) is 84.3 Å². The van der Waals surface area contributed by atoms with Crippen LogP contribution in [0.1, 0.15) is 11.4 Å². The first kappa shape index (κ1) is 14.6. The first-order valence-electron chi connectivity index (χ1n) is 8.10. The summed E-state index contributed by atoms with van der Waals surface area (Å²) in [5, 5.41) is 2.45. The van der Waals surface area contributed by atoms with Gasteiger partial charge >= 0.3 is 0 Å². The molecule has 0 fully saturated rings. The zero-order chi connectivity index (χ0) is 16.5. The Bertz CT molecular complexity index is 1020. The van der Waals surface area contributed by atoms with E-state index >= 15 is 0 Å². The van der Waals surface area contributed by atoms with Crippen LogP contribution in [0.4, 0.5) is 0 Å². The van der Waals surface area contributed by atoms with Gasteiger partial charge in [0.1, 0.15) is 0 Å². The van der Waals surface area contributed by atoms with Crippen molar-refractivity contribution in [3.63, 3.8) is 0 Å². The molecule has 3 aromatic carbocycles. The second kappa shape index (κ2) is 5.89. The van der Waals surface area contributed by atoms with Gasteiger partial charge in [-0.3, -0.25) is 9.97 Å². The molecule has 0 unspecified atom stereocenters. The smallest absolute Gasteiger partial charge is 0.0914 e. The minimum Gasteiger partial charge on any atom is -0.255 e. The van der Waals surface area contributed by atoms with Gasteiger partial charge in [0.25, 0.3) is 0 Å². The van der Waals surface area contributed by atoms with E-state index in [1.54, 1.807) is 0 Å². The fraction of sp³-hybridized carbons (Fsp3) is 0.0909. The zero-order valence-corrected chi connectivity index (χ0v) is 13.8. The molecule has 24 heavy (non-hydrogen) atoms. The summed E-state index contributed by atoms with van der Waals surface area (Å²) in [7, 11) is 0. The van der Waals surface area contributed by atoms with Gasteiger partial charge in [-0.2, -0.15) is 0 Å². The molecule has 116 valence electrons. The summed E-state index contributed by atoms with van der Waals surface area (Å²) in [4.78, 5) is 9.08. The van der Waals surface area contributed by atoms with Crippen molar-refractivity contribution in [2.24, 2.45) is 0 Å². The van der Waals surface area contributed by atoms with E-state index in [9.17, 15) is 0 Å². The van der Waals surface area contributed by atoms with Crippen LogP contribution in [0.15, 0.2) is 72.9 Å². The van der Waals surface area contributed by atoms with Crippen LogP contribution < -0.4 is 0 Å². The minimum atomic E-state index is 0.949. The molecule has 0 aliphatic carbocycles. The predicted octanol–water partition coefficient (Wildman–Crippen LogP) is 5.58. The maximum Gasteiger partial charge on any atom is 0.0914 e. The summed E-state index contributed by atoms with van der Waals surface area (Å²) in [6.07, 6.45) is 1.82. The van der Waals surface area contributed by atoms with Crippen molar-refractivity contribution < 1.29 is 0 Å². The van der Waals surface area contributed by atoms with E-state index in [4.69, 9.17) is 0 Å². The van der Waals surface area contributed by atoms with E-state index in [0.29, 0.717) is 0 Å². The highest BCUT2D eigenvalue weighted by Gasteiger charge is 2.07. The predicted molar refractivity (Wildman–Crippen MR) is 99.9 cm³/mol. The van der Waals surface area contributed by atoms with Crippen LogP contribution in [0.5, 0.6) is 0 Å². The van der Waals surface area contributed by atoms with E-state index in [-0.39, 0.29) is 0 Å². The van der Waals surface area contributed by atoms with Crippen molar-refractivity contribution in [1.29, 1.82) is 0 Å². The van der Waals surface area contributed by atoms with Gasteiger partial charge in [0.15, 0.2) is 0 Å². The molecule has 0 radical (unpaired) electrons. The Kier molecular flexibility index (Phi) is 3.58. The summed E-state index contributed by atoms with van der Waals surface area (Å²) >= 11 is 0. The van der Waals surface area contributed by atoms with Gasteiger partial charge in [0, 0.05) is 11.8 Å². The molecule has 0 spiro atoms. The number of rotatable bonds is 2. The molecule has 0 saturated heterocycles. The van der Waals surface area contributed by atoms with Gasteiger partial charge in [-0.25, -0.2) is 0 Å². The standard InChI is InChI=1S/C22H18N2/c1-15-14-23-22(16(2)24-15)21-11-10-19-12-18(8-9-20(19)13-21)17-6-4-3-5-7-17/h3-14H,1-2H3. The molecule has 0 amide bonds. The van der Waals surface area contributed by atoms with Crippen LogP contribution in [0.2, 0.25) is 0 Å². The van der Waals surface area contributed by atoms with E-state index in [2.05, 4.69) is 70.6 Å². The SMILES string of the molecule is Cc1cnc(-c2ccc3cc(-c4ccccc4)ccc3c2)c(C)n1. The maximum absolute atomic E-state index is 4.56. The molecule has 4 aromatic rings. The van der Waals surface area contributed by atoms with Crippen molar-refractivity contribution in [2.75, 3.05) is 0 Å². The Morgan fingerprint density at radius 2 is 1.33 bits per heavy atom. The first-order chi connectivity index (χ1) is 11.7. The minimum absolute atomic E-state index is 0.949. The van der Waals surface area contributed by atoms with Gasteiger partial charge < -0.3 is 0 Å². The average Bonchev–Trinajstić information content (AvgIpc) is 2.62. The Balaban J connectivity index is 1.79. The second-order valence-electron chi connectivity index (χ2n) is 6.09. The highest BCUT2D eigenvalue weighted by atomic mass is 14.8. The number of aromatic nitrogens is 2. The lowest BCUT2D eigenvalue weighted by atomic mass is 9.99. The van der Waals surface area contributed by atoms with Crippen LogP contribution in [-0.4, -0.2) is 9.97 Å².